The number of oxime groups is 1. The molecule has 4 nitrogen and oxygen atoms in total. The zero-order valence-corrected chi connectivity index (χ0v) is 8.42. The predicted molar refractivity (Wildman–Crippen MR) is 57.2 cm³/mol. The highest BCUT2D eigenvalue weighted by molar-refractivity contribution is 6.46. The van der Waals surface area contributed by atoms with Gasteiger partial charge in [-0.1, -0.05) is 23.4 Å². The molecule has 4 heteroatoms. The molecule has 0 saturated carbocycles. The van der Waals surface area contributed by atoms with Gasteiger partial charge >= 0.3 is 0 Å². The van der Waals surface area contributed by atoms with Crippen molar-refractivity contribution in [1.82, 2.24) is 0 Å². The molecule has 1 aliphatic heterocycles. The van der Waals surface area contributed by atoms with Crippen LogP contribution in [0.15, 0.2) is 35.5 Å². The van der Waals surface area contributed by atoms with Crippen LogP contribution in [0.25, 0.3) is 0 Å². The van der Waals surface area contributed by atoms with Crippen molar-refractivity contribution in [3.05, 3.63) is 30.3 Å². The van der Waals surface area contributed by atoms with Gasteiger partial charge in [0.1, 0.15) is 5.71 Å². The largest absolute Gasteiger partial charge is 0.410 e. The van der Waals surface area contributed by atoms with E-state index in [2.05, 4.69) is 5.16 Å². The number of hydrogen-bond acceptors (Lipinski definition) is 3. The standard InChI is InChI=1S/C11H12N2O2/c1-8-7-10(12-15)11(14)13(8)9-5-3-2-4-6-9/h2-6,8,15H,7H2,1H3. The van der Waals surface area contributed by atoms with Gasteiger partial charge in [-0.05, 0) is 19.1 Å². The van der Waals surface area contributed by atoms with Crippen molar-refractivity contribution < 1.29 is 10.0 Å². The fourth-order valence-electron chi connectivity index (χ4n) is 1.84. The van der Waals surface area contributed by atoms with E-state index in [0.29, 0.717) is 6.42 Å². The molecule has 1 N–H and O–H groups in total. The summed E-state index contributed by atoms with van der Waals surface area (Å²) in [4.78, 5) is 13.4. The molecule has 15 heavy (non-hydrogen) atoms. The molecule has 1 heterocycles. The van der Waals surface area contributed by atoms with Gasteiger partial charge in [0.25, 0.3) is 5.91 Å². The lowest BCUT2D eigenvalue weighted by Crippen LogP contribution is -2.32. The minimum absolute atomic E-state index is 0.0470. The van der Waals surface area contributed by atoms with Crippen LogP contribution in [0, 0.1) is 0 Å². The topological polar surface area (TPSA) is 52.9 Å². The number of para-hydroxylation sites is 1. The minimum atomic E-state index is -0.212. The first-order valence-corrected chi connectivity index (χ1v) is 4.83. The lowest BCUT2D eigenvalue weighted by atomic mass is 10.2. The summed E-state index contributed by atoms with van der Waals surface area (Å²) in [6.45, 7) is 1.93. The highest BCUT2D eigenvalue weighted by atomic mass is 16.4. The Bertz CT molecular complexity index is 400. The van der Waals surface area contributed by atoms with Gasteiger partial charge in [-0.2, -0.15) is 0 Å². The molecule has 1 unspecified atom stereocenters. The summed E-state index contributed by atoms with van der Waals surface area (Å²) < 4.78 is 0. The molecule has 0 aromatic heterocycles. The Kier molecular flexibility index (Phi) is 2.41. The molecule has 2 rings (SSSR count). The van der Waals surface area contributed by atoms with E-state index in [0.717, 1.165) is 5.69 Å². The molecule has 0 aliphatic carbocycles. The van der Waals surface area contributed by atoms with Crippen molar-refractivity contribution in [3.8, 4) is 0 Å². The quantitative estimate of drug-likeness (QED) is 0.558. The smallest absolute Gasteiger partial charge is 0.276 e. The highest BCUT2D eigenvalue weighted by Gasteiger charge is 2.35. The Morgan fingerprint density at radius 2 is 2.07 bits per heavy atom. The van der Waals surface area contributed by atoms with E-state index in [-0.39, 0.29) is 17.7 Å². The Morgan fingerprint density at radius 1 is 1.40 bits per heavy atom. The summed E-state index contributed by atoms with van der Waals surface area (Å²) in [5.41, 5.74) is 1.07. The van der Waals surface area contributed by atoms with E-state index in [1.807, 2.05) is 37.3 Å². The minimum Gasteiger partial charge on any atom is -0.410 e. The number of benzene rings is 1. The highest BCUT2D eigenvalue weighted by Crippen LogP contribution is 2.24. The Balaban J connectivity index is 2.35. The lowest BCUT2D eigenvalue weighted by molar-refractivity contribution is -0.112. The maximum absolute atomic E-state index is 11.8. The van der Waals surface area contributed by atoms with Crippen LogP contribution < -0.4 is 4.90 Å². The van der Waals surface area contributed by atoms with Crippen molar-refractivity contribution in [2.75, 3.05) is 4.90 Å². The summed E-state index contributed by atoms with van der Waals surface area (Å²) >= 11 is 0. The van der Waals surface area contributed by atoms with E-state index in [4.69, 9.17) is 5.21 Å². The lowest BCUT2D eigenvalue weighted by Gasteiger charge is -2.20. The number of nitrogens with zero attached hydrogens (tertiary/aromatic N) is 2. The first-order valence-electron chi connectivity index (χ1n) is 4.83. The molecule has 0 bridgehead atoms. The van der Waals surface area contributed by atoms with Gasteiger partial charge in [-0.25, -0.2) is 0 Å². The average molecular weight is 204 g/mol. The molecule has 78 valence electrons. The van der Waals surface area contributed by atoms with Gasteiger partial charge in [0.05, 0.1) is 0 Å². The third-order valence-corrected chi connectivity index (χ3v) is 2.55. The van der Waals surface area contributed by atoms with Crippen molar-refractivity contribution >= 4 is 17.3 Å². The first-order chi connectivity index (χ1) is 7.24. The summed E-state index contributed by atoms with van der Waals surface area (Å²) in [5, 5.41) is 11.7. The van der Waals surface area contributed by atoms with Crippen molar-refractivity contribution in [2.45, 2.75) is 19.4 Å². The number of carbonyl (C=O) groups excluding carboxylic acids is 1. The molecular formula is C11H12N2O2. The van der Waals surface area contributed by atoms with Gasteiger partial charge in [0.2, 0.25) is 0 Å². The maximum Gasteiger partial charge on any atom is 0.276 e. The van der Waals surface area contributed by atoms with Crippen LogP contribution in [-0.2, 0) is 4.79 Å². The molecule has 1 saturated heterocycles. The number of carbonyl (C=O) groups is 1. The summed E-state index contributed by atoms with van der Waals surface area (Å²) in [6, 6.07) is 9.44. The van der Waals surface area contributed by atoms with Crippen LogP contribution >= 0.6 is 0 Å². The SMILES string of the molecule is CC1CC(=NO)C(=O)N1c1ccccc1. The second-order valence-electron chi connectivity index (χ2n) is 3.61. The molecule has 0 spiro atoms. The fourth-order valence-corrected chi connectivity index (χ4v) is 1.84. The number of hydrogen-bond donors (Lipinski definition) is 1. The van der Waals surface area contributed by atoms with Crippen LogP contribution in [0.2, 0.25) is 0 Å². The van der Waals surface area contributed by atoms with Gasteiger partial charge < -0.3 is 10.1 Å². The van der Waals surface area contributed by atoms with Crippen molar-refractivity contribution in [3.63, 3.8) is 0 Å². The van der Waals surface area contributed by atoms with Crippen molar-refractivity contribution in [1.29, 1.82) is 0 Å². The van der Waals surface area contributed by atoms with Crippen LogP contribution in [0.3, 0.4) is 0 Å². The van der Waals surface area contributed by atoms with Gasteiger partial charge in [-0.3, -0.25) is 4.79 Å². The molecule has 1 fully saturated rings. The number of rotatable bonds is 1. The normalized spacial score (nSPS) is 23.8. The second-order valence-corrected chi connectivity index (χ2v) is 3.61. The van der Waals surface area contributed by atoms with Crippen LogP contribution in [0.5, 0.6) is 0 Å². The van der Waals surface area contributed by atoms with Crippen molar-refractivity contribution in [2.24, 2.45) is 5.16 Å². The summed E-state index contributed by atoms with van der Waals surface area (Å²) in [6.07, 6.45) is 0.490. The van der Waals surface area contributed by atoms with Gasteiger partial charge in [-0.15, -0.1) is 0 Å². The summed E-state index contributed by atoms with van der Waals surface area (Å²) in [7, 11) is 0. The third-order valence-electron chi connectivity index (χ3n) is 2.55. The van der Waals surface area contributed by atoms with E-state index < -0.39 is 0 Å². The average Bonchev–Trinajstić information content (AvgIpc) is 2.55. The Hall–Kier alpha value is -1.84. The molecule has 1 aromatic rings. The first kappa shape index (κ1) is 9.71. The third kappa shape index (κ3) is 1.58. The van der Waals surface area contributed by atoms with Gasteiger partial charge in [0.15, 0.2) is 0 Å². The van der Waals surface area contributed by atoms with Crippen LogP contribution in [0.1, 0.15) is 13.3 Å². The number of amides is 1. The summed E-state index contributed by atoms with van der Waals surface area (Å²) in [5.74, 6) is -0.212. The fraction of sp³-hybridized carbons (Fsp3) is 0.273. The van der Waals surface area contributed by atoms with Gasteiger partial charge in [0, 0.05) is 18.2 Å². The van der Waals surface area contributed by atoms with E-state index >= 15 is 0 Å². The van der Waals surface area contributed by atoms with E-state index in [1.54, 1.807) is 4.90 Å². The maximum atomic E-state index is 11.8. The zero-order chi connectivity index (χ0) is 10.8. The molecule has 1 aliphatic rings. The molecule has 1 aromatic carbocycles. The van der Waals surface area contributed by atoms with E-state index in [1.165, 1.54) is 0 Å². The monoisotopic (exact) mass is 204 g/mol. The molecule has 0 radical (unpaired) electrons. The van der Waals surface area contributed by atoms with Crippen LogP contribution in [-0.4, -0.2) is 22.9 Å². The molecule has 1 amide bonds. The van der Waals surface area contributed by atoms with E-state index in [9.17, 15) is 4.79 Å². The Labute approximate surface area is 87.8 Å². The zero-order valence-electron chi connectivity index (χ0n) is 8.42. The molecule has 1 atom stereocenters. The van der Waals surface area contributed by atoms with Crippen LogP contribution in [0.4, 0.5) is 5.69 Å². The predicted octanol–water partition coefficient (Wildman–Crippen LogP) is 1.64. The number of anilines is 1. The second kappa shape index (κ2) is 3.73. The Morgan fingerprint density at radius 3 is 2.60 bits per heavy atom. The molecular weight excluding hydrogens is 192 g/mol.